The second-order valence-corrected chi connectivity index (χ2v) is 8.04. The van der Waals surface area contributed by atoms with E-state index < -0.39 is 5.97 Å². The average Bonchev–Trinajstić information content (AvgIpc) is 3.08. The van der Waals surface area contributed by atoms with E-state index >= 15 is 0 Å². The van der Waals surface area contributed by atoms with Gasteiger partial charge in [-0.2, -0.15) is 0 Å². The molecule has 4 rings (SSSR count). The number of benzene rings is 1. The van der Waals surface area contributed by atoms with Gasteiger partial charge in [-0.05, 0) is 43.2 Å². The van der Waals surface area contributed by atoms with E-state index in [1.54, 1.807) is 0 Å². The van der Waals surface area contributed by atoms with Gasteiger partial charge < -0.3 is 16.0 Å². The molecule has 0 radical (unpaired) electrons. The molecule has 3 aromatic rings. The van der Waals surface area contributed by atoms with Gasteiger partial charge in [0, 0.05) is 49.6 Å². The molecule has 0 amide bonds. The molecule has 3 heterocycles. The van der Waals surface area contributed by atoms with E-state index in [1.807, 2.05) is 0 Å². The maximum atomic E-state index is 10.9. The Morgan fingerprint density at radius 2 is 1.87 bits per heavy atom. The summed E-state index contributed by atoms with van der Waals surface area (Å²) in [5.41, 5.74) is 2.91. The standard InChI is InChI=1S/C23H28N4O2.Na.H/c1-26-16-18(20-8-4-5-9-21(20)26)7-3-2-6-17-10-12-27(13-11-17)23-24-14-19(15-25-23)22(28)29;;/h4-5,8-9,14-17H,2-3,6-7,10-13H2,1H3,(H,28,29);;/q;+1;-1. The first-order valence-electron chi connectivity index (χ1n) is 10.4. The van der Waals surface area contributed by atoms with Gasteiger partial charge in [0.1, 0.15) is 0 Å². The molecule has 1 aliphatic heterocycles. The third-order valence-corrected chi connectivity index (χ3v) is 6.07. The number of anilines is 1. The number of hydrogen-bond acceptors (Lipinski definition) is 4. The summed E-state index contributed by atoms with van der Waals surface area (Å²) in [5.74, 6) is 0.417. The van der Waals surface area contributed by atoms with Crippen LogP contribution in [-0.2, 0) is 13.5 Å². The summed E-state index contributed by atoms with van der Waals surface area (Å²) in [6.45, 7) is 1.89. The Morgan fingerprint density at radius 3 is 2.57 bits per heavy atom. The van der Waals surface area contributed by atoms with Crippen molar-refractivity contribution in [3.8, 4) is 0 Å². The largest absolute Gasteiger partial charge is 1.00 e. The van der Waals surface area contributed by atoms with Gasteiger partial charge in [-0.1, -0.05) is 31.0 Å². The number of aryl methyl sites for hydroxylation is 2. The zero-order valence-electron chi connectivity index (χ0n) is 18.9. The molecule has 0 saturated carbocycles. The predicted molar refractivity (Wildman–Crippen MR) is 116 cm³/mol. The number of unbranched alkanes of at least 4 members (excludes halogenated alkanes) is 1. The molecule has 154 valence electrons. The minimum absolute atomic E-state index is 0. The minimum Gasteiger partial charge on any atom is -1.00 e. The van der Waals surface area contributed by atoms with Crippen molar-refractivity contribution in [2.75, 3.05) is 18.0 Å². The molecule has 2 aromatic heterocycles. The minimum atomic E-state index is -0.987. The van der Waals surface area contributed by atoms with Crippen molar-refractivity contribution >= 4 is 22.8 Å². The molecule has 0 bridgehead atoms. The molecule has 0 aliphatic carbocycles. The number of rotatable bonds is 7. The summed E-state index contributed by atoms with van der Waals surface area (Å²) in [4.78, 5) is 21.5. The van der Waals surface area contributed by atoms with E-state index in [1.165, 1.54) is 48.1 Å². The number of nitrogens with zero attached hydrogens (tertiary/aromatic N) is 4. The maximum absolute atomic E-state index is 10.9. The van der Waals surface area contributed by atoms with Gasteiger partial charge in [-0.25, -0.2) is 14.8 Å². The fourth-order valence-corrected chi connectivity index (χ4v) is 4.39. The number of carbonyl (C=O) groups is 1. The van der Waals surface area contributed by atoms with Crippen LogP contribution < -0.4 is 34.5 Å². The Balaban J connectivity index is 0.00000171. The first-order valence-corrected chi connectivity index (χ1v) is 10.4. The zero-order chi connectivity index (χ0) is 20.2. The SMILES string of the molecule is Cn1cc(CCCCC2CCN(c3ncc(C(=O)O)cn3)CC2)c2ccccc21.[H-].[Na+]. The normalized spacial score (nSPS) is 14.6. The number of aromatic carboxylic acids is 1. The fraction of sp³-hybridized carbons (Fsp3) is 0.435. The smallest absolute Gasteiger partial charge is 1.00 e. The first kappa shape index (κ1) is 22.8. The Hall–Kier alpha value is -1.89. The summed E-state index contributed by atoms with van der Waals surface area (Å²) in [6.07, 6.45) is 12.3. The van der Waals surface area contributed by atoms with Crippen molar-refractivity contribution in [2.24, 2.45) is 13.0 Å². The Morgan fingerprint density at radius 1 is 1.17 bits per heavy atom. The summed E-state index contributed by atoms with van der Waals surface area (Å²) < 4.78 is 2.23. The molecule has 1 fully saturated rings. The van der Waals surface area contributed by atoms with E-state index in [4.69, 9.17) is 5.11 Å². The molecule has 0 spiro atoms. The van der Waals surface area contributed by atoms with Crippen molar-refractivity contribution in [3.05, 3.63) is 54.0 Å². The van der Waals surface area contributed by atoms with Gasteiger partial charge in [-0.15, -0.1) is 0 Å². The number of carboxylic acids is 1. The van der Waals surface area contributed by atoms with Gasteiger partial charge in [0.25, 0.3) is 0 Å². The molecule has 7 heteroatoms. The van der Waals surface area contributed by atoms with Gasteiger partial charge in [0.05, 0.1) is 5.56 Å². The van der Waals surface area contributed by atoms with Crippen molar-refractivity contribution in [1.82, 2.24) is 14.5 Å². The molecule has 0 atom stereocenters. The summed E-state index contributed by atoms with van der Waals surface area (Å²) >= 11 is 0. The van der Waals surface area contributed by atoms with Crippen LogP contribution >= 0.6 is 0 Å². The molecule has 1 N–H and O–H groups in total. The van der Waals surface area contributed by atoms with Gasteiger partial charge in [-0.3, -0.25) is 0 Å². The third-order valence-electron chi connectivity index (χ3n) is 6.07. The van der Waals surface area contributed by atoms with Crippen LogP contribution in [0.2, 0.25) is 0 Å². The first-order chi connectivity index (χ1) is 14.1. The predicted octanol–water partition coefficient (Wildman–Crippen LogP) is 1.41. The second-order valence-electron chi connectivity index (χ2n) is 8.04. The molecular weight excluding hydrogens is 387 g/mol. The number of carboxylic acid groups (broad SMARTS) is 1. The fourth-order valence-electron chi connectivity index (χ4n) is 4.39. The number of aromatic nitrogens is 3. The molecule has 1 saturated heterocycles. The molecular formula is C23H29N4NaO2. The van der Waals surface area contributed by atoms with Crippen molar-refractivity contribution in [2.45, 2.75) is 38.5 Å². The molecule has 1 aromatic carbocycles. The molecule has 0 unspecified atom stereocenters. The monoisotopic (exact) mass is 416 g/mol. The van der Waals surface area contributed by atoms with E-state index in [0.29, 0.717) is 5.95 Å². The van der Waals surface area contributed by atoms with E-state index in [9.17, 15) is 4.79 Å². The van der Waals surface area contributed by atoms with Gasteiger partial charge in [0.2, 0.25) is 5.95 Å². The van der Waals surface area contributed by atoms with Crippen LogP contribution in [0, 0.1) is 5.92 Å². The average molecular weight is 417 g/mol. The van der Waals surface area contributed by atoms with Gasteiger partial charge in [0.15, 0.2) is 0 Å². The van der Waals surface area contributed by atoms with E-state index in [0.717, 1.165) is 38.3 Å². The van der Waals surface area contributed by atoms with Crippen LogP contribution in [-0.4, -0.2) is 38.7 Å². The van der Waals surface area contributed by atoms with Crippen molar-refractivity contribution < 1.29 is 40.9 Å². The zero-order valence-corrected chi connectivity index (χ0v) is 19.9. The van der Waals surface area contributed by atoms with Crippen LogP contribution in [0.1, 0.15) is 49.5 Å². The summed E-state index contributed by atoms with van der Waals surface area (Å²) in [7, 11) is 2.12. The quantitative estimate of drug-likeness (QED) is 0.466. The van der Waals surface area contributed by atoms with Crippen LogP contribution in [0.4, 0.5) is 5.95 Å². The maximum Gasteiger partial charge on any atom is 1.00 e. The van der Waals surface area contributed by atoms with Gasteiger partial charge >= 0.3 is 35.5 Å². The Bertz CT molecular complexity index is 985. The Kier molecular flexibility index (Phi) is 7.92. The topological polar surface area (TPSA) is 71.2 Å². The van der Waals surface area contributed by atoms with Crippen molar-refractivity contribution in [3.63, 3.8) is 0 Å². The van der Waals surface area contributed by atoms with Crippen molar-refractivity contribution in [1.29, 1.82) is 0 Å². The third kappa shape index (κ3) is 5.23. The number of piperidine rings is 1. The molecule has 1 aliphatic rings. The Labute approximate surface area is 201 Å². The number of para-hydroxylation sites is 1. The molecule has 6 nitrogen and oxygen atoms in total. The van der Waals surface area contributed by atoms with Crippen LogP contribution in [0.3, 0.4) is 0 Å². The number of fused-ring (bicyclic) bond motifs is 1. The van der Waals surface area contributed by atoms with Crippen LogP contribution in [0.5, 0.6) is 0 Å². The summed E-state index contributed by atoms with van der Waals surface area (Å²) in [5, 5.41) is 10.3. The second kappa shape index (κ2) is 10.4. The molecule has 30 heavy (non-hydrogen) atoms. The van der Waals surface area contributed by atoms with Crippen LogP contribution in [0.25, 0.3) is 10.9 Å². The summed E-state index contributed by atoms with van der Waals surface area (Å²) in [6, 6.07) is 8.64. The van der Waals surface area contributed by atoms with Crippen LogP contribution in [0.15, 0.2) is 42.9 Å². The van der Waals surface area contributed by atoms with E-state index in [-0.39, 0.29) is 36.5 Å². The number of hydrogen-bond donors (Lipinski definition) is 1. The van der Waals surface area contributed by atoms with E-state index in [2.05, 4.69) is 56.9 Å².